The molecule has 0 aromatic heterocycles. The Morgan fingerprint density at radius 2 is 1.69 bits per heavy atom. The molecule has 3 heterocycles. The number of carbonyl (C=O) groups is 2. The molecule has 3 aliphatic rings. The van der Waals surface area contributed by atoms with E-state index >= 15 is 0 Å². The van der Waals surface area contributed by atoms with Crippen LogP contribution in [0, 0.1) is 0 Å². The molecule has 3 aliphatic heterocycles. The molecule has 1 fully saturated rings. The van der Waals surface area contributed by atoms with Crippen molar-refractivity contribution < 1.29 is 28.5 Å². The Balaban J connectivity index is 0.00000304. The molecule has 5 rings (SSSR count). The van der Waals surface area contributed by atoms with Gasteiger partial charge in [0, 0.05) is 38.9 Å². The standard InChI is InChI=1S/C26H29N3O6.ClH/c1-32-22-12-19-5-6-29(25(30)14-20(19)13-23(22)33-2)16-26(31)28-9-7-27(8-10-28)15-18-3-4-21-24(11-18)35-17-34-21;/h3-6,11-13H,7-10,14-17H2,1-2H3;1H. The van der Waals surface area contributed by atoms with Gasteiger partial charge in [-0.1, -0.05) is 6.07 Å². The van der Waals surface area contributed by atoms with Crippen molar-refractivity contribution in [3.8, 4) is 23.0 Å². The Morgan fingerprint density at radius 1 is 0.972 bits per heavy atom. The van der Waals surface area contributed by atoms with Gasteiger partial charge in [0.25, 0.3) is 0 Å². The van der Waals surface area contributed by atoms with Crippen molar-refractivity contribution in [1.82, 2.24) is 14.7 Å². The molecule has 0 bridgehead atoms. The first kappa shape index (κ1) is 25.7. The zero-order chi connectivity index (χ0) is 24.4. The lowest BCUT2D eigenvalue weighted by atomic mass is 10.0. The van der Waals surface area contributed by atoms with E-state index < -0.39 is 0 Å². The predicted octanol–water partition coefficient (Wildman–Crippen LogP) is 2.55. The lowest BCUT2D eigenvalue weighted by molar-refractivity contribution is -0.139. The van der Waals surface area contributed by atoms with E-state index in [0.717, 1.165) is 47.8 Å². The van der Waals surface area contributed by atoms with Crippen LogP contribution in [0.25, 0.3) is 6.08 Å². The third kappa shape index (κ3) is 5.37. The van der Waals surface area contributed by atoms with E-state index in [1.165, 1.54) is 4.90 Å². The number of hydrogen-bond acceptors (Lipinski definition) is 7. The second-order valence-electron chi connectivity index (χ2n) is 8.76. The number of rotatable bonds is 6. The molecular weight excluding hydrogens is 486 g/mol. The minimum Gasteiger partial charge on any atom is -0.493 e. The summed E-state index contributed by atoms with van der Waals surface area (Å²) in [7, 11) is 3.15. The normalized spacial score (nSPS) is 16.8. The van der Waals surface area contributed by atoms with E-state index in [1.54, 1.807) is 20.4 Å². The Labute approximate surface area is 216 Å². The largest absolute Gasteiger partial charge is 0.493 e. The SMILES string of the molecule is COc1cc2c(cc1OC)CC(=O)N(CC(=O)N1CCN(Cc3ccc4c(c3)OCO4)CC1)C=C2.Cl. The second kappa shape index (κ2) is 11.1. The molecule has 36 heavy (non-hydrogen) atoms. The fourth-order valence-corrected chi connectivity index (χ4v) is 4.60. The zero-order valence-electron chi connectivity index (χ0n) is 20.4. The van der Waals surface area contributed by atoms with Crippen LogP contribution < -0.4 is 18.9 Å². The zero-order valence-corrected chi connectivity index (χ0v) is 21.2. The van der Waals surface area contributed by atoms with E-state index in [0.29, 0.717) is 24.6 Å². The van der Waals surface area contributed by atoms with Gasteiger partial charge in [-0.3, -0.25) is 14.5 Å². The second-order valence-corrected chi connectivity index (χ2v) is 8.76. The van der Waals surface area contributed by atoms with Crippen molar-refractivity contribution in [3.05, 3.63) is 53.2 Å². The molecule has 0 spiro atoms. The number of carbonyl (C=O) groups excluding carboxylic acids is 2. The van der Waals surface area contributed by atoms with Gasteiger partial charge in [-0.05, 0) is 47.0 Å². The van der Waals surface area contributed by atoms with Crippen LogP contribution in [0.5, 0.6) is 23.0 Å². The smallest absolute Gasteiger partial charge is 0.242 e. The topological polar surface area (TPSA) is 80.8 Å². The molecule has 0 N–H and O–H groups in total. The highest BCUT2D eigenvalue weighted by Crippen LogP contribution is 2.34. The van der Waals surface area contributed by atoms with E-state index in [2.05, 4.69) is 4.90 Å². The molecule has 10 heteroatoms. The summed E-state index contributed by atoms with van der Waals surface area (Å²) < 4.78 is 21.6. The van der Waals surface area contributed by atoms with Crippen LogP contribution in [-0.4, -0.2) is 80.3 Å². The van der Waals surface area contributed by atoms with Gasteiger partial charge < -0.3 is 28.7 Å². The summed E-state index contributed by atoms with van der Waals surface area (Å²) in [5, 5.41) is 0. The molecule has 0 unspecified atom stereocenters. The molecular formula is C26H30ClN3O6. The highest BCUT2D eigenvalue weighted by atomic mass is 35.5. The van der Waals surface area contributed by atoms with Crippen LogP contribution in [-0.2, 0) is 22.6 Å². The van der Waals surface area contributed by atoms with Gasteiger partial charge in [0.15, 0.2) is 23.0 Å². The maximum absolute atomic E-state index is 13.0. The van der Waals surface area contributed by atoms with Crippen LogP contribution in [0.15, 0.2) is 36.5 Å². The maximum Gasteiger partial charge on any atom is 0.242 e. The van der Waals surface area contributed by atoms with Crippen molar-refractivity contribution in [2.45, 2.75) is 13.0 Å². The number of fused-ring (bicyclic) bond motifs is 2. The number of methoxy groups -OCH3 is 2. The third-order valence-electron chi connectivity index (χ3n) is 6.62. The molecule has 2 amide bonds. The van der Waals surface area contributed by atoms with E-state index in [9.17, 15) is 9.59 Å². The maximum atomic E-state index is 13.0. The average molecular weight is 516 g/mol. The first-order valence-electron chi connectivity index (χ1n) is 11.7. The number of hydrogen-bond donors (Lipinski definition) is 0. The summed E-state index contributed by atoms with van der Waals surface area (Å²) in [5.41, 5.74) is 2.88. The molecule has 2 aromatic rings. The fraction of sp³-hybridized carbons (Fsp3) is 0.385. The third-order valence-corrected chi connectivity index (χ3v) is 6.62. The summed E-state index contributed by atoms with van der Waals surface area (Å²) in [4.78, 5) is 31.5. The fourth-order valence-electron chi connectivity index (χ4n) is 4.60. The first-order chi connectivity index (χ1) is 17.0. The number of benzene rings is 2. The summed E-state index contributed by atoms with van der Waals surface area (Å²) in [5.74, 6) is 2.57. The molecule has 192 valence electrons. The highest BCUT2D eigenvalue weighted by Gasteiger charge is 2.26. The minimum absolute atomic E-state index is 0. The van der Waals surface area contributed by atoms with Crippen LogP contribution in [0.2, 0.25) is 0 Å². The van der Waals surface area contributed by atoms with Crippen molar-refractivity contribution in [3.63, 3.8) is 0 Å². The van der Waals surface area contributed by atoms with Gasteiger partial charge in [-0.2, -0.15) is 0 Å². The molecule has 0 aliphatic carbocycles. The first-order valence-corrected chi connectivity index (χ1v) is 11.7. The predicted molar refractivity (Wildman–Crippen MR) is 136 cm³/mol. The Hall–Kier alpha value is -3.43. The number of amides is 2. The summed E-state index contributed by atoms with van der Waals surface area (Å²) in [6.07, 6.45) is 3.73. The van der Waals surface area contributed by atoms with Crippen molar-refractivity contribution in [1.29, 1.82) is 0 Å². The van der Waals surface area contributed by atoms with Gasteiger partial charge >= 0.3 is 0 Å². The molecule has 1 saturated heterocycles. The van der Waals surface area contributed by atoms with Gasteiger partial charge in [-0.15, -0.1) is 12.4 Å². The molecule has 0 radical (unpaired) electrons. The molecule has 0 atom stereocenters. The molecule has 9 nitrogen and oxygen atoms in total. The number of ether oxygens (including phenoxy) is 4. The van der Waals surface area contributed by atoms with Crippen LogP contribution in [0.3, 0.4) is 0 Å². The lowest BCUT2D eigenvalue weighted by Crippen LogP contribution is -2.51. The van der Waals surface area contributed by atoms with Crippen LogP contribution in [0.1, 0.15) is 16.7 Å². The average Bonchev–Trinajstić information content (AvgIpc) is 3.29. The van der Waals surface area contributed by atoms with Crippen LogP contribution in [0.4, 0.5) is 0 Å². The monoisotopic (exact) mass is 515 g/mol. The Bertz CT molecular complexity index is 1160. The minimum atomic E-state index is -0.123. The summed E-state index contributed by atoms with van der Waals surface area (Å²) >= 11 is 0. The van der Waals surface area contributed by atoms with Crippen molar-refractivity contribution in [2.75, 3.05) is 53.7 Å². The van der Waals surface area contributed by atoms with Crippen LogP contribution >= 0.6 is 12.4 Å². The van der Waals surface area contributed by atoms with E-state index in [-0.39, 0.29) is 44.0 Å². The van der Waals surface area contributed by atoms with Gasteiger partial charge in [0.1, 0.15) is 6.54 Å². The quantitative estimate of drug-likeness (QED) is 0.585. The van der Waals surface area contributed by atoms with Gasteiger partial charge in [0.2, 0.25) is 18.6 Å². The summed E-state index contributed by atoms with van der Waals surface area (Å²) in [6, 6.07) is 9.67. The number of nitrogens with zero attached hydrogens (tertiary/aromatic N) is 3. The number of halogens is 1. The van der Waals surface area contributed by atoms with Gasteiger partial charge in [-0.25, -0.2) is 0 Å². The Morgan fingerprint density at radius 3 is 2.44 bits per heavy atom. The van der Waals surface area contributed by atoms with E-state index in [1.807, 2.05) is 41.3 Å². The van der Waals surface area contributed by atoms with Crippen molar-refractivity contribution >= 4 is 30.3 Å². The van der Waals surface area contributed by atoms with Gasteiger partial charge in [0.05, 0.1) is 20.6 Å². The number of piperazine rings is 1. The van der Waals surface area contributed by atoms with Crippen molar-refractivity contribution in [2.24, 2.45) is 0 Å². The van der Waals surface area contributed by atoms with E-state index in [4.69, 9.17) is 18.9 Å². The molecule has 0 saturated carbocycles. The Kier molecular flexibility index (Phi) is 7.91. The lowest BCUT2D eigenvalue weighted by Gasteiger charge is -2.35. The summed E-state index contributed by atoms with van der Waals surface area (Å²) in [6.45, 7) is 3.89. The molecule has 2 aromatic carbocycles. The highest BCUT2D eigenvalue weighted by molar-refractivity contribution is 5.89.